The van der Waals surface area contributed by atoms with Gasteiger partial charge in [0.15, 0.2) is 10.2 Å². The highest BCUT2D eigenvalue weighted by molar-refractivity contribution is 7.89. The summed E-state index contributed by atoms with van der Waals surface area (Å²) in [5.74, 6) is 0.285. The van der Waals surface area contributed by atoms with Crippen LogP contribution < -0.4 is 0 Å². The number of halogens is 1. The lowest BCUT2D eigenvalue weighted by Gasteiger charge is -2.20. The Morgan fingerprint density at radius 1 is 1.45 bits per heavy atom. The molecule has 0 bridgehead atoms. The number of nitrogens with zero attached hydrogens (tertiary/aromatic N) is 3. The molecule has 110 valence electrons. The Kier molecular flexibility index (Phi) is 4.36. The van der Waals surface area contributed by atoms with E-state index in [2.05, 4.69) is 4.98 Å². The molecule has 2 aromatic rings. The predicted octanol–water partition coefficient (Wildman–Crippen LogP) is 2.65. The molecular formula is C13H18ClN3O2S. The molecule has 2 aromatic heterocycles. The van der Waals surface area contributed by atoms with E-state index < -0.39 is 10.0 Å². The highest BCUT2D eigenvalue weighted by Crippen LogP contribution is 2.25. The van der Waals surface area contributed by atoms with Crippen LogP contribution in [0.5, 0.6) is 0 Å². The van der Waals surface area contributed by atoms with E-state index in [1.54, 1.807) is 31.4 Å². The second-order valence-electron chi connectivity index (χ2n) is 4.94. The zero-order chi connectivity index (χ0) is 14.9. The van der Waals surface area contributed by atoms with Crippen LogP contribution in [0.15, 0.2) is 29.4 Å². The quantitative estimate of drug-likeness (QED) is 0.852. The summed E-state index contributed by atoms with van der Waals surface area (Å²) in [7, 11) is -2.09. The van der Waals surface area contributed by atoms with Crippen molar-refractivity contribution < 1.29 is 8.42 Å². The molecule has 1 unspecified atom stereocenters. The van der Waals surface area contributed by atoms with E-state index in [0.29, 0.717) is 12.2 Å². The molecule has 5 nitrogen and oxygen atoms in total. The van der Waals surface area contributed by atoms with Crippen LogP contribution in [0.1, 0.15) is 20.3 Å². The van der Waals surface area contributed by atoms with Gasteiger partial charge in [-0.15, -0.1) is 0 Å². The first-order chi connectivity index (χ1) is 9.37. The standard InChI is InChI=1S/C13H18ClN3O2S/c1-4-10(2)9-16(3)20(18,19)13-12(14)15-11-7-5-6-8-17(11)13/h5-8,10H,4,9H2,1-3H3. The van der Waals surface area contributed by atoms with Crippen molar-refractivity contribution in [2.24, 2.45) is 5.92 Å². The maximum atomic E-state index is 12.7. The van der Waals surface area contributed by atoms with Crippen LogP contribution in [0.4, 0.5) is 0 Å². The van der Waals surface area contributed by atoms with Crippen LogP contribution in [-0.2, 0) is 10.0 Å². The molecule has 0 aliphatic heterocycles. The first-order valence-corrected chi connectivity index (χ1v) is 8.28. The number of imidazole rings is 1. The largest absolute Gasteiger partial charge is 0.288 e. The van der Waals surface area contributed by atoms with E-state index in [9.17, 15) is 8.42 Å². The van der Waals surface area contributed by atoms with Gasteiger partial charge in [-0.3, -0.25) is 4.40 Å². The van der Waals surface area contributed by atoms with Crippen molar-refractivity contribution in [3.8, 4) is 0 Å². The Bertz CT molecular complexity index is 711. The van der Waals surface area contributed by atoms with Gasteiger partial charge in [-0.05, 0) is 18.1 Å². The Hall–Kier alpha value is -1.11. The van der Waals surface area contributed by atoms with Gasteiger partial charge < -0.3 is 0 Å². The third kappa shape index (κ3) is 2.68. The van der Waals surface area contributed by atoms with E-state index in [-0.39, 0.29) is 16.1 Å². The number of pyridine rings is 1. The molecule has 20 heavy (non-hydrogen) atoms. The summed E-state index contributed by atoms with van der Waals surface area (Å²) in [5, 5.41) is 0.0350. The minimum Gasteiger partial charge on any atom is -0.288 e. The van der Waals surface area contributed by atoms with Gasteiger partial charge in [0.2, 0.25) is 0 Å². The summed E-state index contributed by atoms with van der Waals surface area (Å²) in [6.45, 7) is 4.50. The highest BCUT2D eigenvalue weighted by atomic mass is 35.5. The van der Waals surface area contributed by atoms with E-state index in [0.717, 1.165) is 6.42 Å². The summed E-state index contributed by atoms with van der Waals surface area (Å²) >= 11 is 6.03. The van der Waals surface area contributed by atoms with Gasteiger partial charge in [-0.25, -0.2) is 13.4 Å². The van der Waals surface area contributed by atoms with Crippen LogP contribution in [0.25, 0.3) is 5.65 Å². The van der Waals surface area contributed by atoms with Crippen molar-refractivity contribution in [3.05, 3.63) is 29.5 Å². The van der Waals surface area contributed by atoms with Gasteiger partial charge in [0.25, 0.3) is 10.0 Å². The molecule has 0 radical (unpaired) electrons. The molecular weight excluding hydrogens is 298 g/mol. The van der Waals surface area contributed by atoms with Gasteiger partial charge in [0, 0.05) is 19.8 Å². The van der Waals surface area contributed by atoms with Crippen molar-refractivity contribution in [2.45, 2.75) is 25.3 Å². The average molecular weight is 316 g/mol. The molecule has 0 amide bonds. The van der Waals surface area contributed by atoms with E-state index in [4.69, 9.17) is 11.6 Å². The molecule has 0 saturated carbocycles. The van der Waals surface area contributed by atoms with Gasteiger partial charge in [0.1, 0.15) is 5.65 Å². The number of fused-ring (bicyclic) bond motifs is 1. The maximum Gasteiger partial charge on any atom is 0.262 e. The van der Waals surface area contributed by atoms with Crippen molar-refractivity contribution in [3.63, 3.8) is 0 Å². The van der Waals surface area contributed by atoms with E-state index >= 15 is 0 Å². The number of hydrogen-bond donors (Lipinski definition) is 0. The lowest BCUT2D eigenvalue weighted by Crippen LogP contribution is -2.32. The fourth-order valence-corrected chi connectivity index (χ4v) is 3.87. The van der Waals surface area contributed by atoms with Crippen molar-refractivity contribution in [1.29, 1.82) is 0 Å². The van der Waals surface area contributed by atoms with Crippen molar-refractivity contribution in [2.75, 3.05) is 13.6 Å². The number of sulfonamides is 1. The number of aromatic nitrogens is 2. The van der Waals surface area contributed by atoms with Crippen LogP contribution in [-0.4, -0.2) is 35.7 Å². The monoisotopic (exact) mass is 315 g/mol. The minimum atomic E-state index is -3.66. The predicted molar refractivity (Wildman–Crippen MR) is 79.5 cm³/mol. The Labute approximate surface area is 124 Å². The third-order valence-corrected chi connectivity index (χ3v) is 5.59. The topological polar surface area (TPSA) is 54.7 Å². The van der Waals surface area contributed by atoms with Crippen molar-refractivity contribution in [1.82, 2.24) is 13.7 Å². The number of rotatable bonds is 5. The van der Waals surface area contributed by atoms with Gasteiger partial charge >= 0.3 is 0 Å². The first-order valence-electron chi connectivity index (χ1n) is 6.46. The fraction of sp³-hybridized carbons (Fsp3) is 0.462. The molecule has 0 aromatic carbocycles. The lowest BCUT2D eigenvalue weighted by molar-refractivity contribution is 0.392. The molecule has 0 N–H and O–H groups in total. The van der Waals surface area contributed by atoms with Crippen LogP contribution in [0.3, 0.4) is 0 Å². The van der Waals surface area contributed by atoms with Crippen LogP contribution in [0.2, 0.25) is 5.15 Å². The molecule has 7 heteroatoms. The highest BCUT2D eigenvalue weighted by Gasteiger charge is 2.29. The second kappa shape index (κ2) is 5.71. The van der Waals surface area contributed by atoms with E-state index in [1.165, 1.54) is 8.71 Å². The van der Waals surface area contributed by atoms with Crippen molar-refractivity contribution >= 4 is 27.3 Å². The molecule has 2 heterocycles. The third-order valence-electron chi connectivity index (χ3n) is 3.37. The fourth-order valence-electron chi connectivity index (χ4n) is 1.99. The van der Waals surface area contributed by atoms with E-state index in [1.807, 2.05) is 13.8 Å². The Morgan fingerprint density at radius 3 is 2.80 bits per heavy atom. The molecule has 0 aliphatic carbocycles. The molecule has 1 atom stereocenters. The molecule has 2 rings (SSSR count). The maximum absolute atomic E-state index is 12.7. The van der Waals surface area contributed by atoms with Crippen LogP contribution >= 0.6 is 11.6 Å². The summed E-state index contributed by atoms with van der Waals surface area (Å²) in [4.78, 5) is 4.08. The van der Waals surface area contributed by atoms with Gasteiger partial charge in [-0.2, -0.15) is 4.31 Å². The van der Waals surface area contributed by atoms with Gasteiger partial charge in [0.05, 0.1) is 0 Å². The Morgan fingerprint density at radius 2 is 2.15 bits per heavy atom. The minimum absolute atomic E-state index is 0.00667. The zero-order valence-corrected chi connectivity index (χ0v) is 13.3. The molecule has 0 fully saturated rings. The summed E-state index contributed by atoms with van der Waals surface area (Å²) in [5.41, 5.74) is 0.521. The lowest BCUT2D eigenvalue weighted by atomic mass is 10.1. The normalized spacial score (nSPS) is 14.1. The molecule has 0 aliphatic rings. The van der Waals surface area contributed by atoms with Gasteiger partial charge in [-0.1, -0.05) is 37.9 Å². The zero-order valence-electron chi connectivity index (χ0n) is 11.7. The summed E-state index contributed by atoms with van der Waals surface area (Å²) in [6, 6.07) is 5.26. The SMILES string of the molecule is CCC(C)CN(C)S(=O)(=O)c1c(Cl)nc2ccccn12. The first kappa shape index (κ1) is 15.3. The van der Waals surface area contributed by atoms with Crippen LogP contribution in [0, 0.1) is 5.92 Å². The molecule has 0 saturated heterocycles. The molecule has 0 spiro atoms. The summed E-state index contributed by atoms with van der Waals surface area (Å²) in [6.07, 6.45) is 2.57. The average Bonchev–Trinajstić information content (AvgIpc) is 2.74. The number of hydrogen-bond acceptors (Lipinski definition) is 3. The smallest absolute Gasteiger partial charge is 0.262 e. The summed E-state index contributed by atoms with van der Waals surface area (Å²) < 4.78 is 28.2. The second-order valence-corrected chi connectivity index (χ2v) is 7.25. The Balaban J connectivity index is 2.49.